The summed E-state index contributed by atoms with van der Waals surface area (Å²) in [6.07, 6.45) is 0.464. The molecular formula is C22H26N2O8. The summed E-state index contributed by atoms with van der Waals surface area (Å²) in [5, 5.41) is 21.2. The maximum absolute atomic E-state index is 12.8. The molecule has 0 atom stereocenters. The summed E-state index contributed by atoms with van der Waals surface area (Å²) < 4.78 is 14.9. The highest BCUT2D eigenvalue weighted by atomic mass is 16.6. The fourth-order valence-electron chi connectivity index (χ4n) is 3.12. The van der Waals surface area contributed by atoms with Gasteiger partial charge in [0, 0.05) is 19.2 Å². The Morgan fingerprint density at radius 3 is 2.34 bits per heavy atom. The van der Waals surface area contributed by atoms with Crippen molar-refractivity contribution in [2.75, 3.05) is 27.3 Å². The first-order valence-electron chi connectivity index (χ1n) is 9.88. The van der Waals surface area contributed by atoms with Crippen molar-refractivity contribution in [2.24, 2.45) is 0 Å². The Bertz CT molecular complexity index is 912. The molecule has 0 saturated carbocycles. The third-order valence-electron chi connectivity index (χ3n) is 4.79. The fraction of sp³-hybridized carbons (Fsp3) is 0.364. The van der Waals surface area contributed by atoms with Gasteiger partial charge in [0.2, 0.25) is 0 Å². The molecule has 1 heterocycles. The molecule has 1 amide bonds. The summed E-state index contributed by atoms with van der Waals surface area (Å²) in [5.74, 6) is -0.00268. The van der Waals surface area contributed by atoms with E-state index in [0.717, 1.165) is 5.56 Å². The van der Waals surface area contributed by atoms with Crippen LogP contribution in [0.15, 0.2) is 42.5 Å². The Morgan fingerprint density at radius 1 is 1.19 bits per heavy atom. The van der Waals surface area contributed by atoms with Crippen LogP contribution in [-0.4, -0.2) is 60.7 Å². The monoisotopic (exact) mass is 446 g/mol. The molecule has 172 valence electrons. The van der Waals surface area contributed by atoms with Crippen molar-refractivity contribution in [1.29, 1.82) is 0 Å². The van der Waals surface area contributed by atoms with Gasteiger partial charge < -0.3 is 24.2 Å². The van der Waals surface area contributed by atoms with Crippen LogP contribution >= 0.6 is 0 Å². The van der Waals surface area contributed by atoms with Gasteiger partial charge in [-0.15, -0.1) is 0 Å². The van der Waals surface area contributed by atoms with Crippen LogP contribution in [0, 0.1) is 10.1 Å². The number of amides is 1. The van der Waals surface area contributed by atoms with Gasteiger partial charge in [0.1, 0.15) is 12.2 Å². The number of likely N-dealkylation sites (tertiary alicyclic amines) is 1. The maximum Gasteiger partial charge on any atom is 0.292 e. The minimum absolute atomic E-state index is 0.0506. The van der Waals surface area contributed by atoms with Gasteiger partial charge in [-0.1, -0.05) is 30.3 Å². The molecule has 1 aliphatic rings. The van der Waals surface area contributed by atoms with Crippen molar-refractivity contribution in [3.63, 3.8) is 0 Å². The van der Waals surface area contributed by atoms with E-state index in [1.54, 1.807) is 0 Å². The number of ether oxygens (including phenoxy) is 3. The maximum atomic E-state index is 12.8. The van der Waals surface area contributed by atoms with Gasteiger partial charge in [-0.25, -0.2) is 0 Å². The van der Waals surface area contributed by atoms with Crippen LogP contribution in [-0.2, 0) is 16.1 Å². The van der Waals surface area contributed by atoms with E-state index in [1.807, 2.05) is 30.3 Å². The van der Waals surface area contributed by atoms with Gasteiger partial charge in [-0.2, -0.15) is 0 Å². The molecule has 1 saturated heterocycles. The number of benzene rings is 2. The van der Waals surface area contributed by atoms with E-state index in [-0.39, 0.29) is 29.4 Å². The van der Waals surface area contributed by atoms with Gasteiger partial charge in [0.15, 0.2) is 11.5 Å². The van der Waals surface area contributed by atoms with E-state index in [9.17, 15) is 20.0 Å². The molecule has 10 heteroatoms. The molecule has 1 N–H and O–H groups in total. The number of rotatable bonds is 7. The van der Waals surface area contributed by atoms with Crippen LogP contribution in [0.5, 0.6) is 11.5 Å². The van der Waals surface area contributed by atoms with Crippen molar-refractivity contribution >= 4 is 18.1 Å². The first kappa shape index (κ1) is 24.6. The van der Waals surface area contributed by atoms with Gasteiger partial charge in [-0.3, -0.25) is 19.7 Å². The summed E-state index contributed by atoms with van der Waals surface area (Å²) in [6.45, 7) is 1.29. The molecule has 3 rings (SSSR count). The zero-order valence-corrected chi connectivity index (χ0v) is 17.9. The van der Waals surface area contributed by atoms with Gasteiger partial charge in [0.25, 0.3) is 18.1 Å². The lowest BCUT2D eigenvalue weighted by atomic mass is 10.1. The largest absolute Gasteiger partial charge is 0.493 e. The van der Waals surface area contributed by atoms with E-state index in [0.29, 0.717) is 32.4 Å². The third kappa shape index (κ3) is 6.67. The Balaban J connectivity index is 0.000000837. The average molecular weight is 446 g/mol. The van der Waals surface area contributed by atoms with Crippen molar-refractivity contribution in [2.45, 2.75) is 25.6 Å². The smallest absolute Gasteiger partial charge is 0.292 e. The topological polar surface area (TPSA) is 128 Å². The lowest BCUT2D eigenvalue weighted by Crippen LogP contribution is -2.40. The second-order valence-electron chi connectivity index (χ2n) is 6.91. The Morgan fingerprint density at radius 2 is 1.81 bits per heavy atom. The third-order valence-corrected chi connectivity index (χ3v) is 4.79. The molecule has 2 aromatic carbocycles. The Labute approximate surface area is 185 Å². The highest BCUT2D eigenvalue weighted by molar-refractivity contribution is 5.99. The molecular weight excluding hydrogens is 420 g/mol. The van der Waals surface area contributed by atoms with Gasteiger partial charge in [-0.05, 0) is 18.4 Å². The van der Waals surface area contributed by atoms with E-state index in [1.165, 1.54) is 31.3 Å². The average Bonchev–Trinajstić information content (AvgIpc) is 2.83. The second kappa shape index (κ2) is 12.3. The molecule has 1 aliphatic heterocycles. The molecule has 2 aromatic rings. The van der Waals surface area contributed by atoms with Gasteiger partial charge >= 0.3 is 0 Å². The molecule has 10 nitrogen and oxygen atoms in total. The van der Waals surface area contributed by atoms with E-state index in [2.05, 4.69) is 4.74 Å². The first-order chi connectivity index (χ1) is 15.4. The number of hydrogen-bond acceptors (Lipinski definition) is 8. The fourth-order valence-corrected chi connectivity index (χ4v) is 3.12. The van der Waals surface area contributed by atoms with Gasteiger partial charge in [0.05, 0.1) is 31.3 Å². The number of hydrogen-bond donors (Lipinski definition) is 1. The molecule has 32 heavy (non-hydrogen) atoms. The minimum Gasteiger partial charge on any atom is -0.493 e. The summed E-state index contributed by atoms with van der Waals surface area (Å²) >= 11 is 0. The predicted molar refractivity (Wildman–Crippen MR) is 115 cm³/mol. The van der Waals surface area contributed by atoms with Crippen molar-refractivity contribution < 1.29 is 33.8 Å². The number of aliphatic hydroxyl groups excluding tert-OH is 1. The second-order valence-corrected chi connectivity index (χ2v) is 6.91. The van der Waals surface area contributed by atoms with E-state index >= 15 is 0 Å². The highest BCUT2D eigenvalue weighted by Gasteiger charge is 2.30. The molecule has 1 fully saturated rings. The van der Waals surface area contributed by atoms with Crippen LogP contribution < -0.4 is 9.47 Å². The number of nitro groups is 1. The summed E-state index contributed by atoms with van der Waals surface area (Å²) in [6, 6.07) is 12.0. The zero-order chi connectivity index (χ0) is 23.5. The van der Waals surface area contributed by atoms with Crippen LogP contribution in [0.4, 0.5) is 5.69 Å². The number of piperidine rings is 1. The van der Waals surface area contributed by atoms with Crippen molar-refractivity contribution in [3.05, 3.63) is 63.7 Å². The minimum atomic E-state index is -0.596. The summed E-state index contributed by atoms with van der Waals surface area (Å²) in [5.41, 5.74) is 0.518. The number of carbonyl (C=O) groups is 2. The molecule has 0 aromatic heterocycles. The SMILES string of the molecule is COC=O.COc1cc(C(=O)N2CCC(O)CC2)c([N+](=O)[O-])cc1OCc1ccccc1. The van der Waals surface area contributed by atoms with Crippen LogP contribution in [0.25, 0.3) is 0 Å². The molecule has 0 bridgehead atoms. The summed E-state index contributed by atoms with van der Waals surface area (Å²) in [7, 11) is 2.73. The predicted octanol–water partition coefficient (Wildman–Crippen LogP) is 2.57. The quantitative estimate of drug-likeness (QED) is 0.390. The molecule has 0 spiro atoms. The Hall–Kier alpha value is -3.66. The van der Waals surface area contributed by atoms with E-state index < -0.39 is 16.9 Å². The van der Waals surface area contributed by atoms with E-state index in [4.69, 9.17) is 14.3 Å². The molecule has 0 aliphatic carbocycles. The summed E-state index contributed by atoms with van der Waals surface area (Å²) in [4.78, 5) is 34.3. The Kier molecular flexibility index (Phi) is 9.43. The number of carbonyl (C=O) groups excluding carboxylic acids is 2. The van der Waals surface area contributed by atoms with Crippen LogP contribution in [0.2, 0.25) is 0 Å². The molecule has 0 radical (unpaired) electrons. The highest BCUT2D eigenvalue weighted by Crippen LogP contribution is 2.36. The van der Waals surface area contributed by atoms with Crippen LogP contribution in [0.3, 0.4) is 0 Å². The lowest BCUT2D eigenvalue weighted by Gasteiger charge is -2.29. The first-order valence-corrected chi connectivity index (χ1v) is 9.88. The normalized spacial score (nSPS) is 13.4. The van der Waals surface area contributed by atoms with Crippen LogP contribution in [0.1, 0.15) is 28.8 Å². The van der Waals surface area contributed by atoms with Crippen molar-refractivity contribution in [1.82, 2.24) is 4.90 Å². The lowest BCUT2D eigenvalue weighted by molar-refractivity contribution is -0.385. The zero-order valence-electron chi connectivity index (χ0n) is 17.9. The number of nitrogens with zero attached hydrogens (tertiary/aromatic N) is 2. The number of aliphatic hydroxyl groups is 1. The van der Waals surface area contributed by atoms with Crippen molar-refractivity contribution in [3.8, 4) is 11.5 Å². The number of methoxy groups -OCH3 is 2. The molecule has 0 unspecified atom stereocenters. The standard InChI is InChI=1S/C20H22N2O6.C2H4O2/c1-27-18-11-16(20(24)21-9-7-15(23)8-10-21)17(22(25)26)12-19(18)28-13-14-5-3-2-4-6-14;1-4-2-3/h2-6,11-12,15,23H,7-10,13H2,1H3;2H,1H3. The number of nitro benzene ring substituents is 1.